The Morgan fingerprint density at radius 1 is 1.44 bits per heavy atom. The molecule has 0 aliphatic heterocycles. The summed E-state index contributed by atoms with van der Waals surface area (Å²) in [5.74, 6) is -0.304. The van der Waals surface area contributed by atoms with Crippen LogP contribution in [0.3, 0.4) is 0 Å². The SMILES string of the molecule is CC(C)(C)Oc1cc(OC2CC2)cnc1C(=O)O. The molecule has 0 radical (unpaired) electrons. The molecule has 1 aromatic rings. The maximum absolute atomic E-state index is 11.1. The molecule has 1 aromatic heterocycles. The van der Waals surface area contributed by atoms with Gasteiger partial charge >= 0.3 is 5.97 Å². The summed E-state index contributed by atoms with van der Waals surface area (Å²) in [6.07, 6.45) is 3.74. The van der Waals surface area contributed by atoms with E-state index in [0.29, 0.717) is 5.75 Å². The number of aromatic nitrogens is 1. The van der Waals surface area contributed by atoms with Gasteiger partial charge in [0.25, 0.3) is 0 Å². The van der Waals surface area contributed by atoms with E-state index in [2.05, 4.69) is 4.98 Å². The average molecular weight is 251 g/mol. The minimum atomic E-state index is -1.10. The summed E-state index contributed by atoms with van der Waals surface area (Å²) in [7, 11) is 0. The minimum Gasteiger partial charge on any atom is -0.489 e. The van der Waals surface area contributed by atoms with Crippen LogP contribution in [0.2, 0.25) is 0 Å². The molecule has 18 heavy (non-hydrogen) atoms. The zero-order valence-electron chi connectivity index (χ0n) is 10.8. The minimum absolute atomic E-state index is 0.0897. The normalized spacial score (nSPS) is 15.3. The highest BCUT2D eigenvalue weighted by Gasteiger charge is 2.25. The molecular formula is C13H17NO4. The molecule has 0 spiro atoms. The highest BCUT2D eigenvalue weighted by molar-refractivity contribution is 5.88. The van der Waals surface area contributed by atoms with Crippen molar-refractivity contribution in [1.82, 2.24) is 4.98 Å². The standard InChI is InChI=1S/C13H17NO4/c1-13(2,3)18-10-6-9(17-8-4-5-8)7-14-11(10)12(15)16/h6-8H,4-5H2,1-3H3,(H,15,16). The topological polar surface area (TPSA) is 68.7 Å². The van der Waals surface area contributed by atoms with Gasteiger partial charge in [0.05, 0.1) is 12.3 Å². The van der Waals surface area contributed by atoms with Gasteiger partial charge in [0.1, 0.15) is 11.4 Å². The van der Waals surface area contributed by atoms with E-state index in [1.54, 1.807) is 6.07 Å². The summed E-state index contributed by atoms with van der Waals surface area (Å²) in [5.41, 5.74) is -0.572. The Balaban J connectivity index is 2.27. The van der Waals surface area contributed by atoms with Gasteiger partial charge in [-0.25, -0.2) is 9.78 Å². The summed E-state index contributed by atoms with van der Waals surface area (Å²) in [6.45, 7) is 5.56. The Hall–Kier alpha value is -1.78. The summed E-state index contributed by atoms with van der Waals surface area (Å²) in [4.78, 5) is 15.0. The van der Waals surface area contributed by atoms with E-state index in [-0.39, 0.29) is 17.5 Å². The smallest absolute Gasteiger partial charge is 0.358 e. The fourth-order valence-electron chi connectivity index (χ4n) is 1.44. The summed E-state index contributed by atoms with van der Waals surface area (Å²) in [5, 5.41) is 9.06. The molecule has 0 atom stereocenters. The molecule has 1 aliphatic rings. The molecule has 1 N–H and O–H groups in total. The summed E-state index contributed by atoms with van der Waals surface area (Å²) < 4.78 is 11.2. The lowest BCUT2D eigenvalue weighted by Crippen LogP contribution is -2.24. The van der Waals surface area contributed by atoms with Crippen molar-refractivity contribution in [2.75, 3.05) is 0 Å². The lowest BCUT2D eigenvalue weighted by Gasteiger charge is -2.22. The van der Waals surface area contributed by atoms with Crippen molar-refractivity contribution in [2.24, 2.45) is 0 Å². The van der Waals surface area contributed by atoms with Crippen LogP contribution < -0.4 is 9.47 Å². The maximum atomic E-state index is 11.1. The van der Waals surface area contributed by atoms with E-state index >= 15 is 0 Å². The van der Waals surface area contributed by atoms with E-state index in [0.717, 1.165) is 12.8 Å². The van der Waals surface area contributed by atoms with Crippen LogP contribution in [0.5, 0.6) is 11.5 Å². The number of carbonyl (C=O) groups is 1. The first-order chi connectivity index (χ1) is 8.35. The Bertz CT molecular complexity index is 461. The molecule has 1 fully saturated rings. The highest BCUT2D eigenvalue weighted by Crippen LogP contribution is 2.31. The monoisotopic (exact) mass is 251 g/mol. The number of ether oxygens (including phenoxy) is 2. The van der Waals surface area contributed by atoms with Gasteiger partial charge in [0, 0.05) is 6.07 Å². The van der Waals surface area contributed by atoms with Crippen molar-refractivity contribution in [3.8, 4) is 11.5 Å². The van der Waals surface area contributed by atoms with Crippen LogP contribution in [0.1, 0.15) is 44.1 Å². The van der Waals surface area contributed by atoms with Crippen molar-refractivity contribution in [2.45, 2.75) is 45.3 Å². The molecular weight excluding hydrogens is 234 g/mol. The third-order valence-corrected chi connectivity index (χ3v) is 2.27. The second-order valence-electron chi connectivity index (χ2n) is 5.35. The lowest BCUT2D eigenvalue weighted by atomic mass is 10.2. The van der Waals surface area contributed by atoms with E-state index < -0.39 is 11.6 Å². The van der Waals surface area contributed by atoms with Crippen LogP contribution in [-0.2, 0) is 0 Å². The lowest BCUT2D eigenvalue weighted by molar-refractivity contribution is 0.0672. The molecule has 5 nitrogen and oxygen atoms in total. The number of aromatic carboxylic acids is 1. The zero-order chi connectivity index (χ0) is 13.3. The maximum Gasteiger partial charge on any atom is 0.358 e. The number of hydrogen-bond donors (Lipinski definition) is 1. The van der Waals surface area contributed by atoms with E-state index in [1.807, 2.05) is 20.8 Å². The molecule has 1 heterocycles. The van der Waals surface area contributed by atoms with Crippen molar-refractivity contribution in [1.29, 1.82) is 0 Å². The molecule has 0 unspecified atom stereocenters. The molecule has 1 aliphatic carbocycles. The number of rotatable bonds is 4. The number of nitrogens with zero attached hydrogens (tertiary/aromatic N) is 1. The molecule has 2 rings (SSSR count). The van der Waals surface area contributed by atoms with Crippen LogP contribution >= 0.6 is 0 Å². The van der Waals surface area contributed by atoms with Crippen molar-refractivity contribution in [3.05, 3.63) is 18.0 Å². The fraction of sp³-hybridized carbons (Fsp3) is 0.538. The number of carboxylic acid groups (broad SMARTS) is 1. The van der Waals surface area contributed by atoms with Crippen LogP contribution in [0, 0.1) is 0 Å². The first kappa shape index (κ1) is 12.7. The van der Waals surface area contributed by atoms with Crippen molar-refractivity contribution in [3.63, 3.8) is 0 Å². The average Bonchev–Trinajstić information content (AvgIpc) is 2.98. The van der Waals surface area contributed by atoms with Gasteiger partial charge in [-0.3, -0.25) is 0 Å². The molecule has 5 heteroatoms. The molecule has 98 valence electrons. The van der Waals surface area contributed by atoms with Gasteiger partial charge in [-0.05, 0) is 33.6 Å². The molecule has 1 saturated carbocycles. The summed E-state index contributed by atoms with van der Waals surface area (Å²) >= 11 is 0. The number of carboxylic acids is 1. The molecule has 0 saturated heterocycles. The van der Waals surface area contributed by atoms with Crippen LogP contribution in [0.4, 0.5) is 0 Å². The van der Waals surface area contributed by atoms with E-state index in [1.165, 1.54) is 6.20 Å². The van der Waals surface area contributed by atoms with Crippen molar-refractivity contribution >= 4 is 5.97 Å². The van der Waals surface area contributed by atoms with E-state index in [4.69, 9.17) is 14.6 Å². The molecule has 0 amide bonds. The number of hydrogen-bond acceptors (Lipinski definition) is 4. The van der Waals surface area contributed by atoms with Crippen LogP contribution in [0.25, 0.3) is 0 Å². The van der Waals surface area contributed by atoms with Gasteiger partial charge in [-0.15, -0.1) is 0 Å². The number of pyridine rings is 1. The quantitative estimate of drug-likeness (QED) is 0.890. The van der Waals surface area contributed by atoms with Gasteiger partial charge in [0.2, 0.25) is 0 Å². The van der Waals surface area contributed by atoms with Gasteiger partial charge in [0.15, 0.2) is 11.4 Å². The highest BCUT2D eigenvalue weighted by atomic mass is 16.5. The molecule has 0 bridgehead atoms. The Morgan fingerprint density at radius 2 is 2.11 bits per heavy atom. The van der Waals surface area contributed by atoms with Gasteiger partial charge in [-0.1, -0.05) is 0 Å². The van der Waals surface area contributed by atoms with Gasteiger partial charge in [-0.2, -0.15) is 0 Å². The Labute approximate surface area is 106 Å². The second kappa shape index (κ2) is 4.48. The van der Waals surface area contributed by atoms with Crippen LogP contribution in [-0.4, -0.2) is 27.8 Å². The second-order valence-corrected chi connectivity index (χ2v) is 5.35. The summed E-state index contributed by atoms with van der Waals surface area (Å²) in [6, 6.07) is 1.60. The fourth-order valence-corrected chi connectivity index (χ4v) is 1.44. The predicted molar refractivity (Wildman–Crippen MR) is 65.2 cm³/mol. The zero-order valence-corrected chi connectivity index (χ0v) is 10.8. The van der Waals surface area contributed by atoms with Crippen molar-refractivity contribution < 1.29 is 19.4 Å². The first-order valence-electron chi connectivity index (χ1n) is 5.94. The Morgan fingerprint density at radius 3 is 2.61 bits per heavy atom. The Kier molecular flexibility index (Phi) is 3.15. The third kappa shape index (κ3) is 3.35. The van der Waals surface area contributed by atoms with Crippen LogP contribution in [0.15, 0.2) is 12.3 Å². The predicted octanol–water partition coefficient (Wildman–Crippen LogP) is 2.50. The largest absolute Gasteiger partial charge is 0.489 e. The third-order valence-electron chi connectivity index (χ3n) is 2.27. The molecule has 0 aromatic carbocycles. The first-order valence-corrected chi connectivity index (χ1v) is 5.94. The van der Waals surface area contributed by atoms with E-state index in [9.17, 15) is 4.79 Å². The van der Waals surface area contributed by atoms with Gasteiger partial charge < -0.3 is 14.6 Å².